The van der Waals surface area contributed by atoms with Gasteiger partial charge in [0.05, 0.1) is 11.6 Å². The van der Waals surface area contributed by atoms with E-state index in [1.165, 1.54) is 6.42 Å². The molecule has 0 aromatic carbocycles. The zero-order chi connectivity index (χ0) is 14.8. The summed E-state index contributed by atoms with van der Waals surface area (Å²) in [7, 11) is 0. The van der Waals surface area contributed by atoms with Crippen LogP contribution in [0.2, 0.25) is 0 Å². The van der Waals surface area contributed by atoms with Gasteiger partial charge in [-0.2, -0.15) is 0 Å². The third-order valence-corrected chi connectivity index (χ3v) is 4.82. The second-order valence-electron chi connectivity index (χ2n) is 5.72. The Morgan fingerprint density at radius 3 is 2.67 bits per heavy atom. The smallest absolute Gasteiger partial charge is 0.152 e. The van der Waals surface area contributed by atoms with Gasteiger partial charge < -0.3 is 9.30 Å². The SMILES string of the molecule is CCC(C)N1CCN(c2nc3ccccn3c2CCl)CC1. The van der Waals surface area contributed by atoms with E-state index in [0.717, 1.165) is 43.3 Å². The Morgan fingerprint density at radius 1 is 1.24 bits per heavy atom. The molecule has 114 valence electrons. The first-order valence-corrected chi connectivity index (χ1v) is 8.29. The van der Waals surface area contributed by atoms with E-state index >= 15 is 0 Å². The van der Waals surface area contributed by atoms with Crippen molar-refractivity contribution < 1.29 is 0 Å². The molecule has 0 radical (unpaired) electrons. The zero-order valence-electron chi connectivity index (χ0n) is 12.8. The van der Waals surface area contributed by atoms with E-state index in [4.69, 9.17) is 16.6 Å². The molecule has 1 fully saturated rings. The number of hydrogen-bond donors (Lipinski definition) is 0. The number of imidazole rings is 1. The molecule has 1 atom stereocenters. The number of alkyl halides is 1. The maximum absolute atomic E-state index is 6.18. The first-order chi connectivity index (χ1) is 10.2. The van der Waals surface area contributed by atoms with E-state index in [0.29, 0.717) is 11.9 Å². The van der Waals surface area contributed by atoms with E-state index in [9.17, 15) is 0 Å². The van der Waals surface area contributed by atoms with Crippen LogP contribution < -0.4 is 4.90 Å². The largest absolute Gasteiger partial charge is 0.352 e. The first-order valence-electron chi connectivity index (χ1n) is 7.75. The highest BCUT2D eigenvalue weighted by molar-refractivity contribution is 6.17. The highest BCUT2D eigenvalue weighted by Crippen LogP contribution is 2.25. The average Bonchev–Trinajstić information content (AvgIpc) is 2.92. The van der Waals surface area contributed by atoms with Crippen molar-refractivity contribution in [2.24, 2.45) is 0 Å². The van der Waals surface area contributed by atoms with E-state index in [1.54, 1.807) is 0 Å². The minimum atomic E-state index is 0.492. The lowest BCUT2D eigenvalue weighted by molar-refractivity contribution is 0.192. The second-order valence-corrected chi connectivity index (χ2v) is 5.99. The molecule has 4 nitrogen and oxygen atoms in total. The number of aromatic nitrogens is 2. The van der Waals surface area contributed by atoms with Crippen LogP contribution in [-0.4, -0.2) is 46.5 Å². The molecule has 0 spiro atoms. The summed E-state index contributed by atoms with van der Waals surface area (Å²) in [6, 6.07) is 6.75. The summed E-state index contributed by atoms with van der Waals surface area (Å²) >= 11 is 6.18. The van der Waals surface area contributed by atoms with Crippen molar-refractivity contribution >= 4 is 23.1 Å². The topological polar surface area (TPSA) is 23.8 Å². The van der Waals surface area contributed by atoms with Crippen LogP contribution in [0.3, 0.4) is 0 Å². The molecule has 3 heterocycles. The summed E-state index contributed by atoms with van der Waals surface area (Å²) < 4.78 is 2.10. The van der Waals surface area contributed by atoms with Gasteiger partial charge in [-0.3, -0.25) is 4.90 Å². The lowest BCUT2D eigenvalue weighted by Crippen LogP contribution is -2.49. The minimum Gasteiger partial charge on any atom is -0.352 e. The van der Waals surface area contributed by atoms with Crippen molar-refractivity contribution in [3.05, 3.63) is 30.1 Å². The molecule has 1 unspecified atom stereocenters. The van der Waals surface area contributed by atoms with Crippen LogP contribution >= 0.6 is 11.6 Å². The summed E-state index contributed by atoms with van der Waals surface area (Å²) in [5.74, 6) is 1.55. The average molecular weight is 307 g/mol. The molecule has 0 bridgehead atoms. The van der Waals surface area contributed by atoms with Crippen LogP contribution in [0.15, 0.2) is 24.4 Å². The summed E-state index contributed by atoms with van der Waals surface area (Å²) in [4.78, 5) is 9.72. The van der Waals surface area contributed by atoms with Gasteiger partial charge in [-0.1, -0.05) is 13.0 Å². The van der Waals surface area contributed by atoms with Gasteiger partial charge in [-0.15, -0.1) is 11.6 Å². The lowest BCUT2D eigenvalue weighted by Gasteiger charge is -2.38. The molecular weight excluding hydrogens is 284 g/mol. The molecule has 3 rings (SSSR count). The van der Waals surface area contributed by atoms with Gasteiger partial charge in [0.1, 0.15) is 5.65 Å². The molecular formula is C16H23ClN4. The fourth-order valence-electron chi connectivity index (χ4n) is 3.04. The van der Waals surface area contributed by atoms with Crippen LogP contribution in [0.4, 0.5) is 5.82 Å². The predicted octanol–water partition coefficient (Wildman–Crippen LogP) is 2.99. The Balaban J connectivity index is 1.82. The van der Waals surface area contributed by atoms with Gasteiger partial charge >= 0.3 is 0 Å². The second kappa shape index (κ2) is 6.24. The number of hydrogen-bond acceptors (Lipinski definition) is 3. The molecule has 1 saturated heterocycles. The van der Waals surface area contributed by atoms with E-state index in [2.05, 4.69) is 28.0 Å². The maximum atomic E-state index is 6.18. The molecule has 5 heteroatoms. The number of piperazine rings is 1. The lowest BCUT2D eigenvalue weighted by atomic mass is 10.2. The molecule has 21 heavy (non-hydrogen) atoms. The van der Waals surface area contributed by atoms with Crippen molar-refractivity contribution in [1.82, 2.24) is 14.3 Å². The molecule has 1 aliphatic heterocycles. The van der Waals surface area contributed by atoms with Gasteiger partial charge in [0.2, 0.25) is 0 Å². The molecule has 2 aromatic heterocycles. The van der Waals surface area contributed by atoms with Crippen molar-refractivity contribution in [2.45, 2.75) is 32.2 Å². The van der Waals surface area contributed by atoms with Crippen LogP contribution in [-0.2, 0) is 5.88 Å². The third-order valence-electron chi connectivity index (χ3n) is 4.56. The highest BCUT2D eigenvalue weighted by atomic mass is 35.5. The fourth-order valence-corrected chi connectivity index (χ4v) is 3.29. The maximum Gasteiger partial charge on any atom is 0.152 e. The normalized spacial score (nSPS) is 18.3. The monoisotopic (exact) mass is 306 g/mol. The van der Waals surface area contributed by atoms with Gasteiger partial charge in [0, 0.05) is 38.4 Å². The first kappa shape index (κ1) is 14.7. The highest BCUT2D eigenvalue weighted by Gasteiger charge is 2.24. The van der Waals surface area contributed by atoms with Gasteiger partial charge in [0.15, 0.2) is 5.82 Å². The van der Waals surface area contributed by atoms with E-state index in [-0.39, 0.29) is 0 Å². The van der Waals surface area contributed by atoms with E-state index < -0.39 is 0 Å². The molecule has 2 aromatic rings. The zero-order valence-corrected chi connectivity index (χ0v) is 13.6. The molecule has 1 aliphatic rings. The third kappa shape index (κ3) is 2.74. The quantitative estimate of drug-likeness (QED) is 0.812. The molecule has 0 amide bonds. The van der Waals surface area contributed by atoms with Crippen LogP contribution in [0.1, 0.15) is 26.0 Å². The fraction of sp³-hybridized carbons (Fsp3) is 0.562. The summed E-state index contributed by atoms with van der Waals surface area (Å²) in [5, 5.41) is 0. The number of pyridine rings is 1. The van der Waals surface area contributed by atoms with Crippen molar-refractivity contribution in [3.8, 4) is 0 Å². The van der Waals surface area contributed by atoms with Crippen LogP contribution in [0, 0.1) is 0 Å². The number of nitrogens with zero attached hydrogens (tertiary/aromatic N) is 4. The van der Waals surface area contributed by atoms with Crippen LogP contribution in [0.5, 0.6) is 0 Å². The van der Waals surface area contributed by atoms with Crippen LogP contribution in [0.25, 0.3) is 5.65 Å². The molecule has 0 aliphatic carbocycles. The van der Waals surface area contributed by atoms with Gasteiger partial charge in [-0.05, 0) is 25.5 Å². The Morgan fingerprint density at radius 2 is 2.00 bits per heavy atom. The Hall–Kier alpha value is -1.26. The Labute approximate surface area is 131 Å². The standard InChI is InChI=1S/C16H23ClN4/c1-3-13(2)19-8-10-20(11-9-19)16-14(12-17)21-7-5-4-6-15(21)18-16/h4-7,13H,3,8-12H2,1-2H3. The van der Waals surface area contributed by atoms with Gasteiger partial charge in [-0.25, -0.2) is 4.98 Å². The molecule has 0 N–H and O–H groups in total. The summed E-state index contributed by atoms with van der Waals surface area (Å²) in [6.07, 6.45) is 3.25. The van der Waals surface area contributed by atoms with Gasteiger partial charge in [0.25, 0.3) is 0 Å². The number of halogens is 1. The Kier molecular flexibility index (Phi) is 4.36. The Bertz CT molecular complexity index is 601. The number of fused-ring (bicyclic) bond motifs is 1. The summed E-state index contributed by atoms with van der Waals surface area (Å²) in [6.45, 7) is 8.82. The number of rotatable bonds is 4. The molecule has 0 saturated carbocycles. The minimum absolute atomic E-state index is 0.492. The summed E-state index contributed by atoms with van der Waals surface area (Å²) in [5.41, 5.74) is 2.08. The number of anilines is 1. The van der Waals surface area contributed by atoms with Crippen molar-refractivity contribution in [1.29, 1.82) is 0 Å². The van der Waals surface area contributed by atoms with Crippen molar-refractivity contribution in [2.75, 3.05) is 31.1 Å². The van der Waals surface area contributed by atoms with Crippen molar-refractivity contribution in [3.63, 3.8) is 0 Å². The van der Waals surface area contributed by atoms with E-state index in [1.807, 2.05) is 24.4 Å². The predicted molar refractivity (Wildman–Crippen MR) is 88.3 cm³/mol.